The van der Waals surface area contributed by atoms with Gasteiger partial charge in [-0.1, -0.05) is 18.2 Å². The third-order valence-corrected chi connectivity index (χ3v) is 7.33. The third-order valence-electron chi connectivity index (χ3n) is 7.33. The second kappa shape index (κ2) is 15.5. The van der Waals surface area contributed by atoms with Crippen LogP contribution in [0.2, 0.25) is 0 Å². The molecule has 244 valence electrons. The van der Waals surface area contributed by atoms with E-state index in [1.165, 1.54) is 5.01 Å². The van der Waals surface area contributed by atoms with Crippen LogP contribution in [-0.4, -0.2) is 87.9 Å². The number of fused-ring (bicyclic) bond motifs is 1. The van der Waals surface area contributed by atoms with Crippen molar-refractivity contribution < 1.29 is 48.1 Å². The number of carboxylic acid groups (broad SMARTS) is 1. The number of carbonyl (C=O) groups excluding carboxylic acids is 6. The molecule has 2 aromatic rings. The zero-order valence-electron chi connectivity index (χ0n) is 25.1. The highest BCUT2D eigenvalue weighted by molar-refractivity contribution is 5.98. The van der Waals surface area contributed by atoms with Gasteiger partial charge >= 0.3 is 18.0 Å². The Labute approximate surface area is 264 Å². The molecule has 2 fully saturated rings. The Bertz CT molecular complexity index is 1470. The number of carboxylic acids is 1. The maximum atomic E-state index is 13.7. The molecule has 2 heterocycles. The Balaban J connectivity index is 1.43. The Morgan fingerprint density at radius 3 is 2.35 bits per heavy atom. The van der Waals surface area contributed by atoms with E-state index in [-0.39, 0.29) is 32.2 Å². The quantitative estimate of drug-likeness (QED) is 0.249. The Morgan fingerprint density at radius 1 is 0.978 bits per heavy atom. The van der Waals surface area contributed by atoms with Gasteiger partial charge in [-0.3, -0.25) is 33.8 Å². The second-order valence-corrected chi connectivity index (χ2v) is 10.7. The number of esters is 1. The summed E-state index contributed by atoms with van der Waals surface area (Å²) in [4.78, 5) is 88.1. The van der Waals surface area contributed by atoms with Crippen molar-refractivity contribution in [2.75, 3.05) is 18.5 Å². The normalized spacial score (nSPS) is 18.4. The lowest BCUT2D eigenvalue weighted by Gasteiger charge is -2.43. The molecular formula is C31H35N5O10. The van der Waals surface area contributed by atoms with Crippen molar-refractivity contribution in [3.8, 4) is 11.5 Å². The van der Waals surface area contributed by atoms with Crippen molar-refractivity contribution in [1.29, 1.82) is 0 Å². The number of aliphatic carboxylic acids is 1. The number of urea groups is 1. The molecule has 0 aliphatic carbocycles. The number of rotatable bonds is 12. The van der Waals surface area contributed by atoms with Gasteiger partial charge in [0.15, 0.2) is 12.4 Å². The smallest absolute Gasteiger partial charge is 0.319 e. The van der Waals surface area contributed by atoms with Crippen molar-refractivity contribution in [2.45, 2.75) is 63.6 Å². The Kier molecular flexibility index (Phi) is 11.3. The summed E-state index contributed by atoms with van der Waals surface area (Å²) in [6.45, 7) is 0.583. The van der Waals surface area contributed by atoms with E-state index in [9.17, 15) is 33.6 Å². The number of nitrogens with zero attached hydrogens (tertiary/aromatic N) is 2. The van der Waals surface area contributed by atoms with Crippen LogP contribution in [0, 0.1) is 0 Å². The van der Waals surface area contributed by atoms with E-state index in [4.69, 9.17) is 14.6 Å². The van der Waals surface area contributed by atoms with E-state index < -0.39 is 72.6 Å². The number of carbonyl (C=O) groups is 7. The minimum atomic E-state index is -1.32. The molecule has 0 unspecified atom stereocenters. The number of anilines is 1. The van der Waals surface area contributed by atoms with Crippen molar-refractivity contribution >= 4 is 47.2 Å². The molecule has 0 bridgehead atoms. The molecule has 4 N–H and O–H groups in total. The van der Waals surface area contributed by atoms with E-state index in [0.717, 1.165) is 11.9 Å². The van der Waals surface area contributed by atoms with E-state index in [2.05, 4.69) is 16.0 Å². The summed E-state index contributed by atoms with van der Waals surface area (Å²) in [7, 11) is 0. The highest BCUT2D eigenvalue weighted by Gasteiger charge is 2.45. The molecule has 0 saturated carbocycles. The van der Waals surface area contributed by atoms with Gasteiger partial charge in [-0.15, -0.1) is 0 Å². The molecule has 15 nitrogen and oxygen atoms in total. The molecular weight excluding hydrogens is 602 g/mol. The molecule has 46 heavy (non-hydrogen) atoms. The van der Waals surface area contributed by atoms with Crippen LogP contribution in [0.4, 0.5) is 10.5 Å². The summed E-state index contributed by atoms with van der Waals surface area (Å²) in [6.07, 6.45) is -0.320. The summed E-state index contributed by atoms with van der Waals surface area (Å²) < 4.78 is 10.5. The second-order valence-electron chi connectivity index (χ2n) is 10.7. The van der Waals surface area contributed by atoms with Gasteiger partial charge in [0.25, 0.3) is 5.91 Å². The van der Waals surface area contributed by atoms with Crippen molar-refractivity contribution in [3.63, 3.8) is 0 Å². The first-order chi connectivity index (χ1) is 22.0. The number of ketones is 1. The maximum absolute atomic E-state index is 13.7. The lowest BCUT2D eigenvalue weighted by Crippen LogP contribution is -2.64. The lowest BCUT2D eigenvalue weighted by molar-refractivity contribution is -0.176. The van der Waals surface area contributed by atoms with Crippen LogP contribution in [0.15, 0.2) is 54.6 Å². The minimum Gasteiger partial charge on any atom is -0.481 e. The zero-order chi connectivity index (χ0) is 33.2. The van der Waals surface area contributed by atoms with Gasteiger partial charge in [0.05, 0.1) is 6.04 Å². The molecule has 2 aliphatic rings. The van der Waals surface area contributed by atoms with Gasteiger partial charge < -0.3 is 30.5 Å². The van der Waals surface area contributed by atoms with Gasteiger partial charge in [0.2, 0.25) is 11.8 Å². The minimum absolute atomic E-state index is 0.0155. The van der Waals surface area contributed by atoms with Crippen molar-refractivity contribution in [2.24, 2.45) is 0 Å². The predicted molar refractivity (Wildman–Crippen MR) is 160 cm³/mol. The fourth-order valence-corrected chi connectivity index (χ4v) is 5.09. The standard InChI is InChI=1S/C31H35N5O10/c1-19(37)45-18-26(38)23(14-16-28(40)41)33-29(42)25-8-5-17-35-27(39)15-13-24(30(43)36(25)35)34-31(44)32-20-9-11-22(12-10-20)46-21-6-3-2-4-7-21/h2-4,6-7,9-12,23-25H,5,8,13-18H2,1H3,(H,33,42)(H,40,41)(H2,32,34,44)/t23-,24-,25-/m0/s1. The molecule has 0 radical (unpaired) electrons. The fraction of sp³-hybridized carbons (Fsp3) is 0.387. The Morgan fingerprint density at radius 2 is 1.67 bits per heavy atom. The average Bonchev–Trinajstić information content (AvgIpc) is 3.15. The number of hydrazine groups is 1. The molecule has 2 saturated heterocycles. The average molecular weight is 638 g/mol. The van der Waals surface area contributed by atoms with E-state index in [1.54, 1.807) is 36.4 Å². The summed E-state index contributed by atoms with van der Waals surface area (Å²) >= 11 is 0. The number of Topliss-reactive ketones (excluding diaryl/α,β-unsaturated/α-hetero) is 1. The largest absolute Gasteiger partial charge is 0.481 e. The maximum Gasteiger partial charge on any atom is 0.319 e. The third kappa shape index (κ3) is 9.03. The number of nitrogens with one attached hydrogen (secondary N) is 3. The lowest BCUT2D eigenvalue weighted by atomic mass is 10.0. The number of hydrogen-bond donors (Lipinski definition) is 4. The predicted octanol–water partition coefficient (Wildman–Crippen LogP) is 1.98. The summed E-state index contributed by atoms with van der Waals surface area (Å²) in [5, 5.41) is 19.0. The first kappa shape index (κ1) is 33.4. The first-order valence-corrected chi connectivity index (χ1v) is 14.7. The molecule has 3 atom stereocenters. The van der Waals surface area contributed by atoms with E-state index in [1.807, 2.05) is 18.2 Å². The zero-order valence-corrected chi connectivity index (χ0v) is 25.1. The van der Waals surface area contributed by atoms with Gasteiger partial charge in [-0.2, -0.15) is 0 Å². The summed E-state index contributed by atoms with van der Waals surface area (Å²) in [6, 6.07) is 11.3. The van der Waals surface area contributed by atoms with E-state index >= 15 is 0 Å². The highest BCUT2D eigenvalue weighted by Crippen LogP contribution is 2.26. The molecule has 0 spiro atoms. The number of amides is 5. The van der Waals surface area contributed by atoms with Gasteiger partial charge in [0, 0.05) is 32.0 Å². The molecule has 2 aromatic carbocycles. The van der Waals surface area contributed by atoms with Crippen LogP contribution < -0.4 is 20.7 Å². The molecule has 2 aliphatic heterocycles. The molecule has 5 amide bonds. The van der Waals surface area contributed by atoms with Crippen LogP contribution in [-0.2, 0) is 33.5 Å². The fourth-order valence-electron chi connectivity index (χ4n) is 5.09. The number of ether oxygens (including phenoxy) is 2. The molecule has 15 heteroatoms. The molecule has 0 aromatic heterocycles. The van der Waals surface area contributed by atoms with Gasteiger partial charge in [0.1, 0.15) is 23.6 Å². The Hall–Kier alpha value is -5.47. The van der Waals surface area contributed by atoms with Crippen molar-refractivity contribution in [3.05, 3.63) is 54.6 Å². The number of para-hydroxylation sites is 1. The topological polar surface area (TPSA) is 201 Å². The van der Waals surface area contributed by atoms with Gasteiger partial charge in [-0.25, -0.2) is 9.80 Å². The van der Waals surface area contributed by atoms with Crippen LogP contribution in [0.25, 0.3) is 0 Å². The van der Waals surface area contributed by atoms with Crippen molar-refractivity contribution in [1.82, 2.24) is 20.7 Å². The number of hydrogen-bond acceptors (Lipinski definition) is 9. The van der Waals surface area contributed by atoms with Crippen LogP contribution in [0.3, 0.4) is 0 Å². The summed E-state index contributed by atoms with van der Waals surface area (Å²) in [5.74, 6) is -3.39. The van der Waals surface area contributed by atoms with Gasteiger partial charge in [-0.05, 0) is 62.1 Å². The number of benzene rings is 2. The molecule has 4 rings (SSSR count). The first-order valence-electron chi connectivity index (χ1n) is 14.7. The highest BCUT2D eigenvalue weighted by atomic mass is 16.5. The van der Waals surface area contributed by atoms with Crippen LogP contribution >= 0.6 is 0 Å². The van der Waals surface area contributed by atoms with Crippen LogP contribution in [0.5, 0.6) is 11.5 Å². The van der Waals surface area contributed by atoms with E-state index in [0.29, 0.717) is 23.6 Å². The van der Waals surface area contributed by atoms with Crippen LogP contribution in [0.1, 0.15) is 45.4 Å². The SMILES string of the molecule is CC(=O)OCC(=O)[C@H](CCC(=O)O)NC(=O)[C@@H]1CCCN2C(=O)CC[C@H](NC(=O)Nc3ccc(Oc4ccccc4)cc3)C(=O)N12. The monoisotopic (exact) mass is 637 g/mol. The summed E-state index contributed by atoms with van der Waals surface area (Å²) in [5.41, 5.74) is 0.415.